The fourth-order valence-corrected chi connectivity index (χ4v) is 6.66. The third kappa shape index (κ3) is 11.8. The number of aryl methyl sites for hydroxylation is 1. The molecule has 0 radical (unpaired) electrons. The van der Waals surface area contributed by atoms with Crippen molar-refractivity contribution in [3.8, 4) is 18.1 Å². The van der Waals surface area contributed by atoms with E-state index in [9.17, 15) is 13.8 Å². The lowest BCUT2D eigenvalue weighted by molar-refractivity contribution is -0.151. The standard InChI is InChI=1S/C34H50FN6O6P/c1-6-9-11-14-18-27(19-15-12-10-7-2)46-32(42)26(4)40-48(43,47-28-20-16-13-17-21-28)45-24-34(8-3,44-5)22-23-41-25-37-29-30(36)38-33(35)39-31(29)41/h3,13,16-17,20-21,25-27H,6-7,9-12,14-15,18-19,22-24H2,1-2,4-5H3,(H,40,43)(H2,36,38,39)/t26-,34-,48?/m0/s1. The molecule has 3 N–H and O–H groups in total. The largest absolute Gasteiger partial charge is 0.461 e. The van der Waals surface area contributed by atoms with Crippen LogP contribution in [-0.4, -0.2) is 57.0 Å². The van der Waals surface area contributed by atoms with E-state index >= 15 is 0 Å². The van der Waals surface area contributed by atoms with Crippen LogP contribution < -0.4 is 15.3 Å². The Balaban J connectivity index is 1.74. The van der Waals surface area contributed by atoms with Crippen molar-refractivity contribution in [2.45, 2.75) is 116 Å². The van der Waals surface area contributed by atoms with Gasteiger partial charge in [-0.25, -0.2) is 9.55 Å². The van der Waals surface area contributed by atoms with Crippen molar-refractivity contribution < 1.29 is 32.3 Å². The minimum atomic E-state index is -4.25. The first-order valence-corrected chi connectivity index (χ1v) is 18.3. The number of benzene rings is 1. The summed E-state index contributed by atoms with van der Waals surface area (Å²) in [7, 11) is -2.85. The lowest BCUT2D eigenvalue weighted by Gasteiger charge is -2.30. The SMILES string of the molecule is C#C[C@](CCn1cnc2c(N)nc(F)nc21)(COP(=O)(N[C@@H](C)C(=O)OC(CCCCCC)CCCCCC)Oc1ccccc1)OC. The number of terminal acetylenes is 1. The van der Waals surface area contributed by atoms with Gasteiger partial charge in [0.15, 0.2) is 17.1 Å². The van der Waals surface area contributed by atoms with E-state index in [1.807, 2.05) is 0 Å². The number of fused-ring (bicyclic) bond motifs is 1. The van der Waals surface area contributed by atoms with Crippen LogP contribution in [-0.2, 0) is 29.9 Å². The quantitative estimate of drug-likeness (QED) is 0.0348. The van der Waals surface area contributed by atoms with E-state index in [1.165, 1.54) is 13.4 Å². The van der Waals surface area contributed by atoms with Gasteiger partial charge in [-0.15, -0.1) is 6.42 Å². The monoisotopic (exact) mass is 688 g/mol. The molecule has 0 aliphatic carbocycles. The highest BCUT2D eigenvalue weighted by Gasteiger charge is 2.38. The summed E-state index contributed by atoms with van der Waals surface area (Å²) in [5.74, 6) is 2.20. The van der Waals surface area contributed by atoms with Gasteiger partial charge in [0.25, 0.3) is 0 Å². The van der Waals surface area contributed by atoms with E-state index in [0.29, 0.717) is 0 Å². The number of nitrogens with zero attached hydrogens (tertiary/aromatic N) is 4. The molecule has 0 spiro atoms. The third-order valence-corrected chi connectivity index (χ3v) is 9.68. The van der Waals surface area contributed by atoms with Crippen molar-refractivity contribution in [3.05, 3.63) is 42.7 Å². The maximum absolute atomic E-state index is 14.3. The summed E-state index contributed by atoms with van der Waals surface area (Å²) in [6.07, 6.45) is 16.4. The number of hydrogen-bond acceptors (Lipinski definition) is 10. The molecule has 14 heteroatoms. The topological polar surface area (TPSA) is 153 Å². The Morgan fingerprint density at radius 3 is 2.38 bits per heavy atom. The number of esters is 1. The van der Waals surface area contributed by atoms with Crippen LogP contribution in [0.1, 0.15) is 91.4 Å². The Kier molecular flexibility index (Phi) is 15.7. The van der Waals surface area contributed by atoms with Gasteiger partial charge in [-0.1, -0.05) is 76.5 Å². The molecule has 0 amide bonds. The highest BCUT2D eigenvalue weighted by atomic mass is 31.2. The van der Waals surface area contributed by atoms with Crippen molar-refractivity contribution in [2.24, 2.45) is 0 Å². The Bertz CT molecular complexity index is 1510. The molecule has 3 aromatic rings. The van der Waals surface area contributed by atoms with Crippen LogP contribution in [0.4, 0.5) is 10.2 Å². The summed E-state index contributed by atoms with van der Waals surface area (Å²) < 4.78 is 53.1. The molecule has 3 atom stereocenters. The Morgan fingerprint density at radius 1 is 1.10 bits per heavy atom. The lowest BCUT2D eigenvalue weighted by atomic mass is 10.0. The fourth-order valence-electron chi connectivity index (χ4n) is 5.12. The molecule has 1 aromatic carbocycles. The summed E-state index contributed by atoms with van der Waals surface area (Å²) in [5.41, 5.74) is 4.81. The summed E-state index contributed by atoms with van der Waals surface area (Å²) >= 11 is 0. The van der Waals surface area contributed by atoms with E-state index in [2.05, 4.69) is 39.8 Å². The highest BCUT2D eigenvalue weighted by Crippen LogP contribution is 2.46. The van der Waals surface area contributed by atoms with E-state index in [-0.39, 0.29) is 48.4 Å². The van der Waals surface area contributed by atoms with Gasteiger partial charge in [-0.2, -0.15) is 19.4 Å². The first-order valence-electron chi connectivity index (χ1n) is 16.7. The van der Waals surface area contributed by atoms with E-state index in [4.69, 9.17) is 30.7 Å². The zero-order chi connectivity index (χ0) is 35.0. The minimum absolute atomic E-state index is 0.0911. The molecule has 48 heavy (non-hydrogen) atoms. The molecule has 1 unspecified atom stereocenters. The molecule has 0 fully saturated rings. The van der Waals surface area contributed by atoms with Crippen LogP contribution >= 0.6 is 7.75 Å². The van der Waals surface area contributed by atoms with Crippen molar-refractivity contribution in [2.75, 3.05) is 19.5 Å². The van der Waals surface area contributed by atoms with Crippen LogP contribution in [0.25, 0.3) is 11.2 Å². The number of carbonyl (C=O) groups excluding carboxylic acids is 1. The second-order valence-corrected chi connectivity index (χ2v) is 13.6. The maximum atomic E-state index is 14.3. The number of ether oxygens (including phenoxy) is 2. The fraction of sp³-hybridized carbons (Fsp3) is 0.588. The molecule has 3 rings (SSSR count). The molecular weight excluding hydrogens is 638 g/mol. The van der Waals surface area contributed by atoms with Gasteiger partial charge in [0, 0.05) is 20.1 Å². The van der Waals surface area contributed by atoms with Gasteiger partial charge >= 0.3 is 19.8 Å². The van der Waals surface area contributed by atoms with Gasteiger partial charge in [0.05, 0.1) is 12.9 Å². The smallest absolute Gasteiger partial charge is 0.459 e. The predicted octanol–water partition coefficient (Wildman–Crippen LogP) is 6.99. The van der Waals surface area contributed by atoms with Gasteiger partial charge < -0.3 is 24.3 Å². The number of unbranched alkanes of at least 4 members (excludes halogenated alkanes) is 6. The number of halogens is 1. The zero-order valence-electron chi connectivity index (χ0n) is 28.5. The van der Waals surface area contributed by atoms with Crippen molar-refractivity contribution in [3.63, 3.8) is 0 Å². The van der Waals surface area contributed by atoms with Crippen molar-refractivity contribution in [1.29, 1.82) is 0 Å². The molecular formula is C34H50FN6O6P. The Labute approximate surface area is 283 Å². The van der Waals surface area contributed by atoms with Crippen LogP contribution in [0.15, 0.2) is 36.7 Å². The summed E-state index contributed by atoms with van der Waals surface area (Å²) in [4.78, 5) is 24.8. The number of para-hydroxylation sites is 1. The number of imidazole rings is 1. The molecule has 0 aliphatic rings. The number of rotatable bonds is 23. The first-order chi connectivity index (χ1) is 23.1. The predicted molar refractivity (Wildman–Crippen MR) is 184 cm³/mol. The highest BCUT2D eigenvalue weighted by molar-refractivity contribution is 7.52. The van der Waals surface area contributed by atoms with Crippen LogP contribution in [0, 0.1) is 18.4 Å². The van der Waals surface area contributed by atoms with Crippen molar-refractivity contribution in [1.82, 2.24) is 24.6 Å². The summed E-state index contributed by atoms with van der Waals surface area (Å²) in [6, 6.07) is 7.42. The number of carbonyl (C=O) groups is 1. The van der Waals surface area contributed by atoms with Gasteiger partial charge in [0.1, 0.15) is 23.4 Å². The van der Waals surface area contributed by atoms with E-state index in [1.54, 1.807) is 41.8 Å². The van der Waals surface area contributed by atoms with Crippen LogP contribution in [0.5, 0.6) is 5.75 Å². The first kappa shape index (κ1) is 38.9. The number of anilines is 1. The van der Waals surface area contributed by atoms with Crippen molar-refractivity contribution >= 4 is 30.7 Å². The van der Waals surface area contributed by atoms with Crippen LogP contribution in [0.3, 0.4) is 0 Å². The number of hydrogen-bond donors (Lipinski definition) is 2. The molecule has 12 nitrogen and oxygen atoms in total. The summed E-state index contributed by atoms with van der Waals surface area (Å²) in [6.45, 7) is 5.66. The molecule has 0 saturated heterocycles. The Hall–Kier alpha value is -3.56. The maximum Gasteiger partial charge on any atom is 0.459 e. The molecule has 0 aliphatic heterocycles. The van der Waals surface area contributed by atoms with E-state index in [0.717, 1.165) is 64.2 Å². The molecule has 0 saturated carbocycles. The Morgan fingerprint density at radius 2 is 1.77 bits per heavy atom. The van der Waals surface area contributed by atoms with Gasteiger partial charge in [0.2, 0.25) is 0 Å². The second-order valence-electron chi connectivity index (χ2n) is 11.9. The average Bonchev–Trinajstić information content (AvgIpc) is 3.48. The normalized spacial score (nSPS) is 14.7. The third-order valence-electron chi connectivity index (χ3n) is 8.06. The molecule has 2 aromatic heterocycles. The lowest BCUT2D eigenvalue weighted by Crippen LogP contribution is -2.40. The number of aromatic nitrogens is 4. The van der Waals surface area contributed by atoms with Gasteiger partial charge in [-0.3, -0.25) is 9.32 Å². The average molecular weight is 689 g/mol. The van der Waals surface area contributed by atoms with E-state index < -0.39 is 31.4 Å². The number of nitrogens with two attached hydrogens (primary N) is 1. The second kappa shape index (κ2) is 19.4. The molecule has 2 heterocycles. The van der Waals surface area contributed by atoms with Gasteiger partial charge in [-0.05, 0) is 44.7 Å². The summed E-state index contributed by atoms with van der Waals surface area (Å²) in [5, 5.41) is 2.75. The minimum Gasteiger partial charge on any atom is -0.461 e. The van der Waals surface area contributed by atoms with Crippen LogP contribution in [0.2, 0.25) is 0 Å². The molecule has 264 valence electrons. The zero-order valence-corrected chi connectivity index (χ0v) is 29.4. The molecule has 0 bridgehead atoms. The number of nitrogen functional groups attached to an aromatic ring is 1. The number of nitrogens with one attached hydrogen (secondary N) is 1. The number of methoxy groups -OCH3 is 1.